The van der Waals surface area contributed by atoms with Crippen LogP contribution in [0.15, 0.2) is 4.99 Å². The second-order valence-electron chi connectivity index (χ2n) is 1.82. The maximum Gasteiger partial charge on any atom is 0.123 e. The summed E-state index contributed by atoms with van der Waals surface area (Å²) in [7, 11) is 0. The fourth-order valence-corrected chi connectivity index (χ4v) is 0.618. The highest BCUT2D eigenvalue weighted by Gasteiger charge is 2.09. The number of rotatable bonds is 0. The van der Waals surface area contributed by atoms with Crippen LogP contribution in [-0.4, -0.2) is 25.1 Å². The van der Waals surface area contributed by atoms with Gasteiger partial charge >= 0.3 is 0 Å². The molecule has 0 aromatic rings. The van der Waals surface area contributed by atoms with Crippen molar-refractivity contribution in [2.24, 2.45) is 10.7 Å². The first-order chi connectivity index (χ1) is 3.80. The molecule has 0 amide bonds. The SMILES string of the molecule is CC1OCCN=C1N. The third kappa shape index (κ3) is 0.980. The van der Waals surface area contributed by atoms with Crippen molar-refractivity contribution in [2.45, 2.75) is 13.0 Å². The number of aliphatic imine (C=N–C) groups is 1. The van der Waals surface area contributed by atoms with Crippen LogP contribution in [0.1, 0.15) is 6.92 Å². The molecule has 46 valence electrons. The predicted molar refractivity (Wildman–Crippen MR) is 31.9 cm³/mol. The van der Waals surface area contributed by atoms with E-state index in [0.29, 0.717) is 12.4 Å². The predicted octanol–water partition coefficient (Wildman–Crippen LogP) is -0.238. The van der Waals surface area contributed by atoms with Crippen LogP contribution in [0.5, 0.6) is 0 Å². The van der Waals surface area contributed by atoms with Gasteiger partial charge in [0.15, 0.2) is 0 Å². The first kappa shape index (κ1) is 5.56. The maximum absolute atomic E-state index is 5.40. The van der Waals surface area contributed by atoms with Gasteiger partial charge in [0.2, 0.25) is 0 Å². The Bertz CT molecular complexity index is 111. The van der Waals surface area contributed by atoms with Gasteiger partial charge in [-0.1, -0.05) is 0 Å². The minimum atomic E-state index is 0.0312. The number of amidine groups is 1. The van der Waals surface area contributed by atoms with Crippen molar-refractivity contribution < 1.29 is 4.74 Å². The molecule has 1 aliphatic heterocycles. The van der Waals surface area contributed by atoms with Crippen molar-refractivity contribution in [3.05, 3.63) is 0 Å². The summed E-state index contributed by atoms with van der Waals surface area (Å²) in [6.45, 7) is 3.33. The highest BCUT2D eigenvalue weighted by Crippen LogP contribution is 1.95. The second kappa shape index (κ2) is 2.13. The molecule has 0 bridgehead atoms. The van der Waals surface area contributed by atoms with Crippen LogP contribution in [0.4, 0.5) is 0 Å². The lowest BCUT2D eigenvalue weighted by Gasteiger charge is -2.15. The number of nitrogens with zero attached hydrogens (tertiary/aromatic N) is 1. The minimum absolute atomic E-state index is 0.0312. The average Bonchev–Trinajstić information content (AvgIpc) is 1.77. The molecular formula is C5H10N2O. The molecule has 3 heteroatoms. The Morgan fingerprint density at radius 2 is 2.62 bits per heavy atom. The zero-order valence-corrected chi connectivity index (χ0v) is 4.92. The zero-order chi connectivity index (χ0) is 5.98. The molecule has 0 aromatic carbocycles. The Morgan fingerprint density at radius 1 is 1.88 bits per heavy atom. The van der Waals surface area contributed by atoms with Crippen LogP contribution in [0.3, 0.4) is 0 Å². The molecule has 0 radical (unpaired) electrons. The van der Waals surface area contributed by atoms with Gasteiger partial charge in [-0.25, -0.2) is 0 Å². The first-order valence-corrected chi connectivity index (χ1v) is 2.72. The van der Waals surface area contributed by atoms with Gasteiger partial charge in [-0.15, -0.1) is 0 Å². The van der Waals surface area contributed by atoms with Crippen LogP contribution in [0, 0.1) is 0 Å². The lowest BCUT2D eigenvalue weighted by Crippen LogP contribution is -2.33. The minimum Gasteiger partial charge on any atom is -0.385 e. The van der Waals surface area contributed by atoms with Crippen molar-refractivity contribution in [2.75, 3.05) is 13.2 Å². The average molecular weight is 114 g/mol. The van der Waals surface area contributed by atoms with Crippen molar-refractivity contribution in [3.63, 3.8) is 0 Å². The second-order valence-corrected chi connectivity index (χ2v) is 1.82. The van der Waals surface area contributed by atoms with Gasteiger partial charge in [-0.2, -0.15) is 0 Å². The zero-order valence-electron chi connectivity index (χ0n) is 4.92. The summed E-state index contributed by atoms with van der Waals surface area (Å²) in [6.07, 6.45) is 0.0312. The molecule has 0 fully saturated rings. The summed E-state index contributed by atoms with van der Waals surface area (Å²) in [5.41, 5.74) is 5.40. The molecule has 0 aliphatic carbocycles. The quantitative estimate of drug-likeness (QED) is 0.472. The van der Waals surface area contributed by atoms with Gasteiger partial charge in [-0.05, 0) is 6.92 Å². The molecule has 8 heavy (non-hydrogen) atoms. The van der Waals surface area contributed by atoms with Crippen molar-refractivity contribution >= 4 is 5.84 Å². The summed E-state index contributed by atoms with van der Waals surface area (Å²) in [5.74, 6) is 0.622. The van der Waals surface area contributed by atoms with E-state index >= 15 is 0 Å². The Labute approximate surface area is 48.5 Å². The van der Waals surface area contributed by atoms with Crippen molar-refractivity contribution in [3.8, 4) is 0 Å². The first-order valence-electron chi connectivity index (χ1n) is 2.72. The third-order valence-corrected chi connectivity index (χ3v) is 1.17. The van der Waals surface area contributed by atoms with Crippen LogP contribution < -0.4 is 5.73 Å². The van der Waals surface area contributed by atoms with Gasteiger partial charge < -0.3 is 10.5 Å². The molecule has 1 aliphatic rings. The van der Waals surface area contributed by atoms with Crippen LogP contribution in [0.25, 0.3) is 0 Å². The standard InChI is InChI=1S/C5H10N2O/c1-4-5(6)7-2-3-8-4/h4H,2-3H2,1H3,(H2,6,7). The largest absolute Gasteiger partial charge is 0.385 e. The number of nitrogens with two attached hydrogens (primary N) is 1. The molecular weight excluding hydrogens is 104 g/mol. The fourth-order valence-electron chi connectivity index (χ4n) is 0.618. The van der Waals surface area contributed by atoms with E-state index in [1.165, 1.54) is 0 Å². The topological polar surface area (TPSA) is 47.6 Å². The lowest BCUT2D eigenvalue weighted by atomic mass is 10.3. The molecule has 1 rings (SSSR count). The van der Waals surface area contributed by atoms with Gasteiger partial charge in [0, 0.05) is 0 Å². The number of ether oxygens (including phenoxy) is 1. The summed E-state index contributed by atoms with van der Waals surface area (Å²) in [4.78, 5) is 3.98. The monoisotopic (exact) mass is 114 g/mol. The lowest BCUT2D eigenvalue weighted by molar-refractivity contribution is 0.106. The van der Waals surface area contributed by atoms with E-state index in [9.17, 15) is 0 Å². The van der Waals surface area contributed by atoms with E-state index in [2.05, 4.69) is 4.99 Å². The Morgan fingerprint density at radius 3 is 3.00 bits per heavy atom. The van der Waals surface area contributed by atoms with E-state index in [1.807, 2.05) is 6.92 Å². The van der Waals surface area contributed by atoms with E-state index in [-0.39, 0.29) is 6.10 Å². The maximum atomic E-state index is 5.40. The van der Waals surface area contributed by atoms with Crippen LogP contribution in [0.2, 0.25) is 0 Å². The molecule has 1 heterocycles. The smallest absolute Gasteiger partial charge is 0.123 e. The van der Waals surface area contributed by atoms with Gasteiger partial charge in [0.25, 0.3) is 0 Å². The summed E-state index contributed by atoms with van der Waals surface area (Å²) in [5, 5.41) is 0. The highest BCUT2D eigenvalue weighted by molar-refractivity contribution is 5.84. The van der Waals surface area contributed by atoms with Crippen molar-refractivity contribution in [1.82, 2.24) is 0 Å². The fraction of sp³-hybridized carbons (Fsp3) is 0.800. The molecule has 2 N–H and O–H groups in total. The van der Waals surface area contributed by atoms with E-state index < -0.39 is 0 Å². The summed E-state index contributed by atoms with van der Waals surface area (Å²) in [6, 6.07) is 0. The van der Waals surface area contributed by atoms with E-state index in [0.717, 1.165) is 6.54 Å². The van der Waals surface area contributed by atoms with E-state index in [4.69, 9.17) is 10.5 Å². The molecule has 0 saturated carbocycles. The summed E-state index contributed by atoms with van der Waals surface area (Å²) < 4.78 is 5.13. The normalized spacial score (nSPS) is 29.6. The summed E-state index contributed by atoms with van der Waals surface area (Å²) >= 11 is 0. The highest BCUT2D eigenvalue weighted by atomic mass is 16.5. The van der Waals surface area contributed by atoms with Gasteiger partial charge in [0.05, 0.1) is 13.2 Å². The molecule has 0 aromatic heterocycles. The van der Waals surface area contributed by atoms with Gasteiger partial charge in [0.1, 0.15) is 11.9 Å². The van der Waals surface area contributed by atoms with E-state index in [1.54, 1.807) is 0 Å². The molecule has 0 spiro atoms. The molecule has 1 unspecified atom stereocenters. The van der Waals surface area contributed by atoms with Gasteiger partial charge in [-0.3, -0.25) is 4.99 Å². The molecule has 0 saturated heterocycles. The van der Waals surface area contributed by atoms with Crippen LogP contribution >= 0.6 is 0 Å². The Kier molecular flexibility index (Phi) is 1.48. The number of hydrogen-bond donors (Lipinski definition) is 1. The third-order valence-electron chi connectivity index (χ3n) is 1.17. The van der Waals surface area contributed by atoms with Crippen molar-refractivity contribution in [1.29, 1.82) is 0 Å². The number of hydrogen-bond acceptors (Lipinski definition) is 3. The molecule has 3 nitrogen and oxygen atoms in total. The Hall–Kier alpha value is -0.570. The Balaban J connectivity index is 2.53. The van der Waals surface area contributed by atoms with Crippen LogP contribution in [-0.2, 0) is 4.74 Å². The molecule has 1 atom stereocenters.